The van der Waals surface area contributed by atoms with Crippen molar-refractivity contribution in [2.45, 2.75) is 6.04 Å². The Morgan fingerprint density at radius 1 is 1.25 bits per heavy atom. The first-order chi connectivity index (χ1) is 11.7. The maximum absolute atomic E-state index is 13.2. The zero-order valence-corrected chi connectivity index (χ0v) is 12.9. The number of nitrogens with one attached hydrogen (secondary N) is 1. The van der Waals surface area contributed by atoms with E-state index in [0.717, 1.165) is 16.6 Å². The van der Waals surface area contributed by atoms with Crippen LogP contribution in [0.15, 0.2) is 48.8 Å². The molecule has 0 aliphatic carbocycles. The van der Waals surface area contributed by atoms with E-state index in [9.17, 15) is 9.18 Å². The minimum atomic E-state index is -0.293. The number of morpholine rings is 1. The fourth-order valence-electron chi connectivity index (χ4n) is 3.04. The topological polar surface area (TPSA) is 58.2 Å². The van der Waals surface area contributed by atoms with Gasteiger partial charge in [-0.3, -0.25) is 4.79 Å². The summed E-state index contributed by atoms with van der Waals surface area (Å²) in [5.41, 5.74) is 3.11. The van der Waals surface area contributed by atoms with Crippen LogP contribution in [0.25, 0.3) is 11.0 Å². The van der Waals surface area contributed by atoms with E-state index in [1.165, 1.54) is 12.1 Å². The SMILES string of the molecule is O=C(c1ccc2nc[nH]c2c1)N1CCOCC1c1ccc(F)cc1. The highest BCUT2D eigenvalue weighted by atomic mass is 19.1. The first-order valence-electron chi connectivity index (χ1n) is 7.80. The van der Waals surface area contributed by atoms with Crippen molar-refractivity contribution in [2.24, 2.45) is 0 Å². The van der Waals surface area contributed by atoms with Gasteiger partial charge in [-0.1, -0.05) is 12.1 Å². The number of rotatable bonds is 2. The molecular formula is C18H16FN3O2. The van der Waals surface area contributed by atoms with Crippen molar-refractivity contribution in [1.82, 2.24) is 14.9 Å². The molecule has 1 aliphatic heterocycles. The predicted octanol–water partition coefficient (Wildman–Crippen LogP) is 2.92. The number of fused-ring (bicyclic) bond motifs is 1. The zero-order chi connectivity index (χ0) is 16.5. The number of aromatic amines is 1. The van der Waals surface area contributed by atoms with Crippen LogP contribution in [-0.4, -0.2) is 40.5 Å². The third-order valence-electron chi connectivity index (χ3n) is 4.31. The number of aromatic nitrogens is 2. The van der Waals surface area contributed by atoms with Crippen LogP contribution in [-0.2, 0) is 4.74 Å². The third-order valence-corrected chi connectivity index (χ3v) is 4.31. The van der Waals surface area contributed by atoms with Gasteiger partial charge in [-0.25, -0.2) is 9.37 Å². The summed E-state index contributed by atoms with van der Waals surface area (Å²) >= 11 is 0. The maximum Gasteiger partial charge on any atom is 0.254 e. The van der Waals surface area contributed by atoms with Gasteiger partial charge in [0.1, 0.15) is 5.82 Å². The molecular weight excluding hydrogens is 309 g/mol. The molecule has 3 aromatic rings. The first kappa shape index (κ1) is 14.8. The molecule has 0 bridgehead atoms. The summed E-state index contributed by atoms with van der Waals surface area (Å²) in [6.07, 6.45) is 1.61. The van der Waals surface area contributed by atoms with Gasteiger partial charge in [0, 0.05) is 12.1 Å². The number of halogens is 1. The first-order valence-corrected chi connectivity index (χ1v) is 7.80. The van der Waals surface area contributed by atoms with E-state index in [1.54, 1.807) is 29.4 Å². The largest absolute Gasteiger partial charge is 0.377 e. The van der Waals surface area contributed by atoms with E-state index in [2.05, 4.69) is 9.97 Å². The average molecular weight is 325 g/mol. The van der Waals surface area contributed by atoms with Crippen LogP contribution >= 0.6 is 0 Å². The van der Waals surface area contributed by atoms with Gasteiger partial charge in [0.2, 0.25) is 0 Å². The molecule has 0 saturated carbocycles. The number of imidazole rings is 1. The van der Waals surface area contributed by atoms with Gasteiger partial charge in [-0.05, 0) is 35.9 Å². The number of amides is 1. The van der Waals surface area contributed by atoms with Crippen LogP contribution in [0.4, 0.5) is 4.39 Å². The molecule has 1 saturated heterocycles. The Balaban J connectivity index is 1.66. The molecule has 1 aromatic heterocycles. The highest BCUT2D eigenvalue weighted by Crippen LogP contribution is 2.26. The molecule has 1 aliphatic rings. The van der Waals surface area contributed by atoms with Gasteiger partial charge in [0.15, 0.2) is 0 Å². The molecule has 2 heterocycles. The average Bonchev–Trinajstić information content (AvgIpc) is 3.09. The second kappa shape index (κ2) is 6.05. The molecule has 1 fully saturated rings. The van der Waals surface area contributed by atoms with E-state index >= 15 is 0 Å². The lowest BCUT2D eigenvalue weighted by Crippen LogP contribution is -2.43. The van der Waals surface area contributed by atoms with Crippen LogP contribution in [0.5, 0.6) is 0 Å². The van der Waals surface area contributed by atoms with Gasteiger partial charge in [0.05, 0.1) is 36.6 Å². The van der Waals surface area contributed by atoms with Gasteiger partial charge in [-0.15, -0.1) is 0 Å². The summed E-state index contributed by atoms with van der Waals surface area (Å²) < 4.78 is 18.7. The van der Waals surface area contributed by atoms with Crippen LogP contribution in [0, 0.1) is 5.82 Å². The van der Waals surface area contributed by atoms with Gasteiger partial charge in [-0.2, -0.15) is 0 Å². The van der Waals surface area contributed by atoms with Crippen molar-refractivity contribution in [3.63, 3.8) is 0 Å². The van der Waals surface area contributed by atoms with Crippen molar-refractivity contribution in [2.75, 3.05) is 19.8 Å². The molecule has 6 heteroatoms. The lowest BCUT2D eigenvalue weighted by molar-refractivity contribution is -0.00270. The Labute approximate surface area is 138 Å². The van der Waals surface area contributed by atoms with Crippen LogP contribution < -0.4 is 0 Å². The quantitative estimate of drug-likeness (QED) is 0.788. The number of H-pyrrole nitrogens is 1. The maximum atomic E-state index is 13.2. The van der Waals surface area contributed by atoms with Crippen LogP contribution in [0.1, 0.15) is 22.0 Å². The smallest absolute Gasteiger partial charge is 0.254 e. The molecule has 0 spiro atoms. The molecule has 2 aromatic carbocycles. The van der Waals surface area contributed by atoms with E-state index in [-0.39, 0.29) is 17.8 Å². The lowest BCUT2D eigenvalue weighted by atomic mass is 10.0. The fourth-order valence-corrected chi connectivity index (χ4v) is 3.04. The summed E-state index contributed by atoms with van der Waals surface area (Å²) in [6.45, 7) is 1.40. The standard InChI is InChI=1S/C18H16FN3O2/c19-14-4-1-12(2-5-14)17-10-24-8-7-22(17)18(23)13-3-6-15-16(9-13)21-11-20-15/h1-6,9,11,17H,7-8,10H2,(H,20,21). The van der Waals surface area contributed by atoms with E-state index in [4.69, 9.17) is 4.74 Å². The number of ether oxygens (including phenoxy) is 1. The molecule has 1 N–H and O–H groups in total. The predicted molar refractivity (Wildman–Crippen MR) is 87.1 cm³/mol. The van der Waals surface area contributed by atoms with Crippen molar-refractivity contribution >= 4 is 16.9 Å². The summed E-state index contributed by atoms with van der Waals surface area (Å²) in [7, 11) is 0. The number of carbonyl (C=O) groups is 1. The normalized spacial score (nSPS) is 18.0. The molecule has 122 valence electrons. The molecule has 1 atom stereocenters. The second-order valence-corrected chi connectivity index (χ2v) is 5.78. The number of hydrogen-bond acceptors (Lipinski definition) is 3. The zero-order valence-electron chi connectivity index (χ0n) is 12.9. The molecule has 0 radical (unpaired) electrons. The third kappa shape index (κ3) is 2.65. The molecule has 5 nitrogen and oxygen atoms in total. The van der Waals surface area contributed by atoms with Gasteiger partial charge in [0.25, 0.3) is 5.91 Å². The Morgan fingerprint density at radius 3 is 2.92 bits per heavy atom. The number of benzene rings is 2. The van der Waals surface area contributed by atoms with Crippen molar-refractivity contribution < 1.29 is 13.9 Å². The summed E-state index contributed by atoms with van der Waals surface area (Å²) in [5, 5.41) is 0. The second-order valence-electron chi connectivity index (χ2n) is 5.78. The number of carbonyl (C=O) groups excluding carboxylic acids is 1. The highest BCUT2D eigenvalue weighted by molar-refractivity contribution is 5.97. The van der Waals surface area contributed by atoms with Gasteiger partial charge < -0.3 is 14.6 Å². The Kier molecular flexibility index (Phi) is 3.74. The van der Waals surface area contributed by atoms with Crippen LogP contribution in [0.3, 0.4) is 0 Å². The number of nitrogens with zero attached hydrogens (tertiary/aromatic N) is 2. The van der Waals surface area contributed by atoms with E-state index in [1.807, 2.05) is 12.1 Å². The van der Waals surface area contributed by atoms with Crippen molar-refractivity contribution in [1.29, 1.82) is 0 Å². The molecule has 24 heavy (non-hydrogen) atoms. The minimum Gasteiger partial charge on any atom is -0.377 e. The fraction of sp³-hybridized carbons (Fsp3) is 0.222. The van der Waals surface area contributed by atoms with Crippen molar-refractivity contribution in [3.05, 3.63) is 65.7 Å². The van der Waals surface area contributed by atoms with E-state index < -0.39 is 0 Å². The Hall–Kier alpha value is -2.73. The molecule has 1 unspecified atom stereocenters. The van der Waals surface area contributed by atoms with Gasteiger partial charge >= 0.3 is 0 Å². The number of hydrogen-bond donors (Lipinski definition) is 1. The lowest BCUT2D eigenvalue weighted by Gasteiger charge is -2.36. The van der Waals surface area contributed by atoms with Crippen molar-refractivity contribution in [3.8, 4) is 0 Å². The monoisotopic (exact) mass is 325 g/mol. The molecule has 4 rings (SSSR count). The van der Waals surface area contributed by atoms with Crippen LogP contribution in [0.2, 0.25) is 0 Å². The van der Waals surface area contributed by atoms with E-state index in [0.29, 0.717) is 25.3 Å². The summed E-state index contributed by atoms with van der Waals surface area (Å²) in [4.78, 5) is 21.9. The highest BCUT2D eigenvalue weighted by Gasteiger charge is 2.29. The minimum absolute atomic E-state index is 0.0656. The summed E-state index contributed by atoms with van der Waals surface area (Å²) in [6, 6.07) is 11.4. The summed E-state index contributed by atoms with van der Waals surface area (Å²) in [5.74, 6) is -0.359. The Bertz CT molecular complexity index is 875. The molecule has 1 amide bonds. The Morgan fingerprint density at radius 2 is 2.08 bits per heavy atom.